The normalized spacial score (nSPS) is 18.9. The Bertz CT molecular complexity index is 469. The summed E-state index contributed by atoms with van der Waals surface area (Å²) in [4.78, 5) is 0. The lowest BCUT2D eigenvalue weighted by Gasteiger charge is -2.32. The molecule has 5 heteroatoms. The Morgan fingerprint density at radius 1 is 1.20 bits per heavy atom. The lowest BCUT2D eigenvalue weighted by Crippen LogP contribution is -2.34. The van der Waals surface area contributed by atoms with Crippen molar-refractivity contribution in [1.29, 1.82) is 0 Å². The van der Waals surface area contributed by atoms with Crippen molar-refractivity contribution in [2.24, 2.45) is 0 Å². The highest BCUT2D eigenvalue weighted by atomic mass is 79.9. The van der Waals surface area contributed by atoms with Gasteiger partial charge in [-0.1, -0.05) is 22.9 Å². The molecule has 0 spiro atoms. The molecule has 0 bridgehead atoms. The highest BCUT2D eigenvalue weighted by molar-refractivity contribution is 9.10. The summed E-state index contributed by atoms with van der Waals surface area (Å²) in [5.41, 5.74) is 1.11. The SMILES string of the molecule is CCC(c1cc(OC)c(OC)cc1Br)C1(C)OCCO1. The molecule has 0 saturated carbocycles. The molecule has 112 valence electrons. The molecule has 1 aliphatic rings. The van der Waals surface area contributed by atoms with Crippen LogP contribution < -0.4 is 9.47 Å². The van der Waals surface area contributed by atoms with Crippen LogP contribution >= 0.6 is 15.9 Å². The maximum Gasteiger partial charge on any atom is 0.172 e. The van der Waals surface area contributed by atoms with E-state index in [1.807, 2.05) is 19.1 Å². The molecule has 1 aliphatic heterocycles. The maximum atomic E-state index is 5.82. The summed E-state index contributed by atoms with van der Waals surface area (Å²) < 4.78 is 23.3. The fraction of sp³-hybridized carbons (Fsp3) is 0.600. The van der Waals surface area contributed by atoms with Gasteiger partial charge in [-0.15, -0.1) is 0 Å². The van der Waals surface area contributed by atoms with Gasteiger partial charge < -0.3 is 18.9 Å². The molecule has 1 atom stereocenters. The third-order valence-electron chi connectivity index (χ3n) is 3.78. The van der Waals surface area contributed by atoms with Crippen molar-refractivity contribution in [3.63, 3.8) is 0 Å². The van der Waals surface area contributed by atoms with Gasteiger partial charge in [0.15, 0.2) is 17.3 Å². The molecule has 4 nitrogen and oxygen atoms in total. The second kappa shape index (κ2) is 6.33. The van der Waals surface area contributed by atoms with E-state index in [1.54, 1.807) is 14.2 Å². The molecule has 1 aromatic carbocycles. The van der Waals surface area contributed by atoms with Crippen LogP contribution in [-0.4, -0.2) is 33.2 Å². The van der Waals surface area contributed by atoms with E-state index in [1.165, 1.54) is 0 Å². The van der Waals surface area contributed by atoms with Gasteiger partial charge in [-0.25, -0.2) is 0 Å². The third-order valence-corrected chi connectivity index (χ3v) is 4.47. The zero-order chi connectivity index (χ0) is 14.8. The predicted octanol–water partition coefficient (Wildman–Crippen LogP) is 3.72. The van der Waals surface area contributed by atoms with Crippen molar-refractivity contribution >= 4 is 15.9 Å². The number of rotatable bonds is 5. The number of hydrogen-bond acceptors (Lipinski definition) is 4. The second-order valence-corrected chi connectivity index (χ2v) is 5.76. The Morgan fingerprint density at radius 3 is 2.25 bits per heavy atom. The molecule has 0 aliphatic carbocycles. The zero-order valence-corrected chi connectivity index (χ0v) is 14.0. The van der Waals surface area contributed by atoms with Crippen molar-refractivity contribution in [3.05, 3.63) is 22.2 Å². The summed E-state index contributed by atoms with van der Waals surface area (Å²) in [6.45, 7) is 5.40. The maximum absolute atomic E-state index is 5.82. The molecule has 0 amide bonds. The van der Waals surface area contributed by atoms with Gasteiger partial charge in [0.05, 0.1) is 27.4 Å². The summed E-state index contributed by atoms with van der Waals surface area (Å²) in [6.07, 6.45) is 0.907. The number of methoxy groups -OCH3 is 2. The molecule has 0 N–H and O–H groups in total. The molecule has 1 heterocycles. The van der Waals surface area contributed by atoms with Gasteiger partial charge in [-0.3, -0.25) is 0 Å². The van der Waals surface area contributed by atoms with E-state index >= 15 is 0 Å². The molecule has 1 aromatic rings. The monoisotopic (exact) mass is 344 g/mol. The number of ether oxygens (including phenoxy) is 4. The van der Waals surface area contributed by atoms with Crippen LogP contribution in [0.2, 0.25) is 0 Å². The second-order valence-electron chi connectivity index (χ2n) is 4.90. The molecule has 20 heavy (non-hydrogen) atoms. The van der Waals surface area contributed by atoms with Crippen molar-refractivity contribution in [1.82, 2.24) is 0 Å². The first-order valence-electron chi connectivity index (χ1n) is 6.75. The average Bonchev–Trinajstić information content (AvgIpc) is 2.88. The van der Waals surface area contributed by atoms with Gasteiger partial charge in [0.25, 0.3) is 0 Å². The minimum absolute atomic E-state index is 0.124. The number of hydrogen-bond donors (Lipinski definition) is 0. The highest BCUT2D eigenvalue weighted by Crippen LogP contribution is 2.44. The van der Waals surface area contributed by atoms with E-state index < -0.39 is 5.79 Å². The summed E-state index contributed by atoms with van der Waals surface area (Å²) in [6, 6.07) is 3.92. The van der Waals surface area contributed by atoms with E-state index in [4.69, 9.17) is 18.9 Å². The highest BCUT2D eigenvalue weighted by Gasteiger charge is 2.40. The van der Waals surface area contributed by atoms with E-state index in [2.05, 4.69) is 22.9 Å². The Morgan fingerprint density at radius 2 is 1.75 bits per heavy atom. The topological polar surface area (TPSA) is 36.9 Å². The molecular weight excluding hydrogens is 324 g/mol. The Labute approximate surface area is 128 Å². The van der Waals surface area contributed by atoms with Gasteiger partial charge in [0.1, 0.15) is 0 Å². The van der Waals surface area contributed by atoms with Gasteiger partial charge in [-0.2, -0.15) is 0 Å². The zero-order valence-electron chi connectivity index (χ0n) is 12.4. The molecule has 1 unspecified atom stereocenters. The fourth-order valence-corrected chi connectivity index (χ4v) is 3.34. The molecule has 0 aromatic heterocycles. The molecule has 2 rings (SSSR count). The Hall–Kier alpha value is -0.780. The predicted molar refractivity (Wildman–Crippen MR) is 80.6 cm³/mol. The Balaban J connectivity index is 2.44. The molecule has 1 saturated heterocycles. The van der Waals surface area contributed by atoms with Gasteiger partial charge in [0.2, 0.25) is 0 Å². The van der Waals surface area contributed by atoms with Crippen molar-refractivity contribution in [2.45, 2.75) is 32.0 Å². The van der Waals surface area contributed by atoms with Crippen LogP contribution in [0.5, 0.6) is 11.5 Å². The van der Waals surface area contributed by atoms with Crippen LogP contribution in [0.4, 0.5) is 0 Å². The van der Waals surface area contributed by atoms with Crippen LogP contribution in [-0.2, 0) is 9.47 Å². The molecule has 1 fully saturated rings. The first kappa shape index (κ1) is 15.6. The van der Waals surface area contributed by atoms with Crippen LogP contribution in [0.1, 0.15) is 31.7 Å². The van der Waals surface area contributed by atoms with Crippen LogP contribution in [0.15, 0.2) is 16.6 Å². The van der Waals surface area contributed by atoms with Gasteiger partial charge in [0, 0.05) is 10.4 Å². The summed E-state index contributed by atoms with van der Waals surface area (Å²) in [5.74, 6) is 0.956. The third kappa shape index (κ3) is 2.80. The van der Waals surface area contributed by atoms with Crippen LogP contribution in [0.25, 0.3) is 0 Å². The first-order chi connectivity index (χ1) is 9.55. The van der Waals surface area contributed by atoms with E-state index in [0.717, 1.165) is 16.5 Å². The van der Waals surface area contributed by atoms with Gasteiger partial charge >= 0.3 is 0 Å². The van der Waals surface area contributed by atoms with Gasteiger partial charge in [-0.05, 0) is 31.0 Å². The smallest absolute Gasteiger partial charge is 0.172 e. The van der Waals surface area contributed by atoms with E-state index in [9.17, 15) is 0 Å². The first-order valence-corrected chi connectivity index (χ1v) is 7.54. The van der Waals surface area contributed by atoms with E-state index in [0.29, 0.717) is 24.7 Å². The van der Waals surface area contributed by atoms with Crippen LogP contribution in [0, 0.1) is 0 Å². The molecular formula is C15H21BrO4. The lowest BCUT2D eigenvalue weighted by molar-refractivity contribution is -0.161. The summed E-state index contributed by atoms with van der Waals surface area (Å²) in [7, 11) is 3.27. The largest absolute Gasteiger partial charge is 0.493 e. The van der Waals surface area contributed by atoms with Crippen molar-refractivity contribution in [3.8, 4) is 11.5 Å². The summed E-state index contributed by atoms with van der Waals surface area (Å²) >= 11 is 3.62. The summed E-state index contributed by atoms with van der Waals surface area (Å²) in [5, 5.41) is 0. The minimum Gasteiger partial charge on any atom is -0.493 e. The minimum atomic E-state index is -0.586. The average molecular weight is 345 g/mol. The quantitative estimate of drug-likeness (QED) is 0.815. The van der Waals surface area contributed by atoms with Crippen LogP contribution in [0.3, 0.4) is 0 Å². The van der Waals surface area contributed by atoms with Crippen molar-refractivity contribution < 1.29 is 18.9 Å². The Kier molecular flexibility index (Phi) is 4.94. The standard InChI is InChI=1S/C15H21BrO4/c1-5-11(15(2)19-6-7-20-15)10-8-13(17-3)14(18-4)9-12(10)16/h8-9,11H,5-7H2,1-4H3. The van der Waals surface area contributed by atoms with E-state index in [-0.39, 0.29) is 5.92 Å². The number of benzene rings is 1. The fourth-order valence-electron chi connectivity index (χ4n) is 2.74. The lowest BCUT2D eigenvalue weighted by atomic mass is 9.88. The molecule has 0 radical (unpaired) electrons. The van der Waals surface area contributed by atoms with Crippen molar-refractivity contribution in [2.75, 3.05) is 27.4 Å². The number of halogens is 1.